The number of ether oxygens (including phenoxy) is 1. The fraction of sp³-hybridized carbons (Fsp3) is 0.300. The minimum Gasteiger partial charge on any atom is -0.470 e. The first kappa shape index (κ1) is 9.53. The summed E-state index contributed by atoms with van der Waals surface area (Å²) >= 11 is 0. The van der Waals surface area contributed by atoms with Gasteiger partial charge in [0.15, 0.2) is 17.2 Å². The van der Waals surface area contributed by atoms with Crippen molar-refractivity contribution in [3.8, 4) is 11.8 Å². The van der Waals surface area contributed by atoms with Crippen molar-refractivity contribution in [2.24, 2.45) is 0 Å². The van der Waals surface area contributed by atoms with Crippen LogP contribution in [0, 0.1) is 17.1 Å². The number of rotatable bonds is 2. The third kappa shape index (κ3) is 2.45. The largest absolute Gasteiger partial charge is 0.470 e. The van der Waals surface area contributed by atoms with Crippen LogP contribution in [0.5, 0.6) is 5.75 Å². The average molecular weight is 179 g/mol. The summed E-state index contributed by atoms with van der Waals surface area (Å²) in [4.78, 5) is 0. The average Bonchev–Trinajstić information content (AvgIpc) is 2.09. The summed E-state index contributed by atoms with van der Waals surface area (Å²) in [6.45, 7) is 3.17. The van der Waals surface area contributed by atoms with Gasteiger partial charge in [0, 0.05) is 0 Å². The van der Waals surface area contributed by atoms with Crippen LogP contribution in [0.1, 0.15) is 13.8 Å². The van der Waals surface area contributed by atoms with Crippen molar-refractivity contribution in [3.05, 3.63) is 30.1 Å². The number of hydrogen-bond donors (Lipinski definition) is 0. The van der Waals surface area contributed by atoms with Gasteiger partial charge in [-0.25, -0.2) is 4.39 Å². The first-order valence-corrected chi connectivity index (χ1v) is 3.90. The normalized spacial score (nSPS) is 10.6. The number of nitrogens with zero attached hydrogens (tertiary/aromatic N) is 1. The molecule has 0 aliphatic heterocycles. The molecule has 1 aromatic rings. The summed E-state index contributed by atoms with van der Waals surface area (Å²) in [6.07, 6.45) is 0. The highest BCUT2D eigenvalue weighted by Gasteiger charge is 2.19. The summed E-state index contributed by atoms with van der Waals surface area (Å²) in [6, 6.07) is 7.95. The van der Waals surface area contributed by atoms with E-state index >= 15 is 0 Å². The SMILES string of the molecule is CC(C)(C#N)Oc1ccccc1F. The van der Waals surface area contributed by atoms with Gasteiger partial charge >= 0.3 is 0 Å². The van der Waals surface area contributed by atoms with Crippen LogP contribution in [0.4, 0.5) is 4.39 Å². The van der Waals surface area contributed by atoms with E-state index in [0.717, 1.165) is 0 Å². The minimum atomic E-state index is -0.998. The maximum absolute atomic E-state index is 13.0. The van der Waals surface area contributed by atoms with Crippen molar-refractivity contribution < 1.29 is 9.13 Å². The smallest absolute Gasteiger partial charge is 0.188 e. The lowest BCUT2D eigenvalue weighted by atomic mass is 10.2. The Labute approximate surface area is 76.6 Å². The highest BCUT2D eigenvalue weighted by atomic mass is 19.1. The van der Waals surface area contributed by atoms with E-state index in [4.69, 9.17) is 10.00 Å². The van der Waals surface area contributed by atoms with Gasteiger partial charge in [-0.2, -0.15) is 5.26 Å². The summed E-state index contributed by atoms with van der Waals surface area (Å²) < 4.78 is 18.2. The van der Waals surface area contributed by atoms with Crippen LogP contribution in [0.25, 0.3) is 0 Å². The van der Waals surface area contributed by atoms with Gasteiger partial charge in [0.1, 0.15) is 6.07 Å². The highest BCUT2D eigenvalue weighted by Crippen LogP contribution is 2.20. The van der Waals surface area contributed by atoms with E-state index in [1.165, 1.54) is 12.1 Å². The van der Waals surface area contributed by atoms with Gasteiger partial charge in [-0.15, -0.1) is 0 Å². The molecule has 3 heteroatoms. The Morgan fingerprint density at radius 3 is 2.54 bits per heavy atom. The highest BCUT2D eigenvalue weighted by molar-refractivity contribution is 5.25. The molecule has 0 fully saturated rings. The second-order valence-corrected chi connectivity index (χ2v) is 3.15. The van der Waals surface area contributed by atoms with Crippen molar-refractivity contribution in [1.29, 1.82) is 5.26 Å². The molecule has 0 atom stereocenters. The number of para-hydroxylation sites is 1. The third-order valence-corrected chi connectivity index (χ3v) is 1.47. The maximum Gasteiger partial charge on any atom is 0.188 e. The molecule has 0 aromatic heterocycles. The van der Waals surface area contributed by atoms with Gasteiger partial charge in [-0.05, 0) is 26.0 Å². The zero-order valence-corrected chi connectivity index (χ0v) is 7.54. The molecular formula is C10H10FNO. The molecule has 1 aromatic carbocycles. The lowest BCUT2D eigenvalue weighted by molar-refractivity contribution is 0.162. The van der Waals surface area contributed by atoms with E-state index in [2.05, 4.69) is 0 Å². The number of halogens is 1. The predicted octanol–water partition coefficient (Wildman–Crippen LogP) is 2.51. The Hall–Kier alpha value is -1.56. The molecule has 2 nitrogen and oxygen atoms in total. The van der Waals surface area contributed by atoms with E-state index in [-0.39, 0.29) is 5.75 Å². The molecule has 0 saturated heterocycles. The maximum atomic E-state index is 13.0. The van der Waals surface area contributed by atoms with Crippen LogP contribution in [0.2, 0.25) is 0 Å². The Balaban J connectivity index is 2.88. The molecule has 0 spiro atoms. The summed E-state index contributed by atoms with van der Waals surface area (Å²) in [5.74, 6) is -0.347. The van der Waals surface area contributed by atoms with Gasteiger partial charge in [0.05, 0.1) is 0 Å². The molecule has 0 N–H and O–H groups in total. The Morgan fingerprint density at radius 1 is 1.38 bits per heavy atom. The van der Waals surface area contributed by atoms with Crippen molar-refractivity contribution >= 4 is 0 Å². The minimum absolute atomic E-state index is 0.106. The Kier molecular flexibility index (Phi) is 2.52. The lowest BCUT2D eigenvalue weighted by Gasteiger charge is -2.18. The fourth-order valence-corrected chi connectivity index (χ4v) is 0.825. The molecule has 0 unspecified atom stereocenters. The van der Waals surface area contributed by atoms with Crippen LogP contribution in [0.15, 0.2) is 24.3 Å². The van der Waals surface area contributed by atoms with Gasteiger partial charge in [0.2, 0.25) is 0 Å². The Morgan fingerprint density at radius 2 is 2.00 bits per heavy atom. The monoisotopic (exact) mass is 179 g/mol. The van der Waals surface area contributed by atoms with Crippen LogP contribution in [-0.2, 0) is 0 Å². The number of nitriles is 1. The number of hydrogen-bond acceptors (Lipinski definition) is 2. The van der Waals surface area contributed by atoms with E-state index in [0.29, 0.717) is 0 Å². The van der Waals surface area contributed by atoms with Crippen molar-refractivity contribution in [2.45, 2.75) is 19.4 Å². The number of benzene rings is 1. The van der Waals surface area contributed by atoms with Gasteiger partial charge in [-0.3, -0.25) is 0 Å². The Bertz CT molecular complexity index is 341. The zero-order valence-electron chi connectivity index (χ0n) is 7.54. The van der Waals surface area contributed by atoms with E-state index in [1.807, 2.05) is 6.07 Å². The molecule has 0 saturated carbocycles. The molecule has 0 bridgehead atoms. The molecule has 0 aliphatic carbocycles. The molecule has 0 heterocycles. The molecule has 0 aliphatic rings. The van der Waals surface area contributed by atoms with E-state index in [9.17, 15) is 4.39 Å². The van der Waals surface area contributed by atoms with Gasteiger partial charge in [-0.1, -0.05) is 12.1 Å². The molecular weight excluding hydrogens is 169 g/mol. The second kappa shape index (κ2) is 3.44. The quantitative estimate of drug-likeness (QED) is 0.698. The molecule has 68 valence electrons. The van der Waals surface area contributed by atoms with E-state index in [1.54, 1.807) is 26.0 Å². The van der Waals surface area contributed by atoms with Crippen molar-refractivity contribution in [3.63, 3.8) is 0 Å². The fourth-order valence-electron chi connectivity index (χ4n) is 0.825. The van der Waals surface area contributed by atoms with Crippen LogP contribution in [0.3, 0.4) is 0 Å². The summed E-state index contributed by atoms with van der Waals surface area (Å²) in [5.41, 5.74) is -0.998. The standard InChI is InChI=1S/C10H10FNO/c1-10(2,7-12)13-9-6-4-3-5-8(9)11/h3-6H,1-2H3. The third-order valence-electron chi connectivity index (χ3n) is 1.47. The van der Waals surface area contributed by atoms with Gasteiger partial charge in [0.25, 0.3) is 0 Å². The van der Waals surface area contributed by atoms with Crippen LogP contribution in [-0.4, -0.2) is 5.60 Å². The summed E-state index contributed by atoms with van der Waals surface area (Å²) in [7, 11) is 0. The van der Waals surface area contributed by atoms with E-state index < -0.39 is 11.4 Å². The van der Waals surface area contributed by atoms with Crippen molar-refractivity contribution in [1.82, 2.24) is 0 Å². The predicted molar refractivity (Wildman–Crippen MR) is 46.7 cm³/mol. The van der Waals surface area contributed by atoms with Crippen LogP contribution >= 0.6 is 0 Å². The zero-order chi connectivity index (χ0) is 9.90. The second-order valence-electron chi connectivity index (χ2n) is 3.15. The van der Waals surface area contributed by atoms with Gasteiger partial charge < -0.3 is 4.74 Å². The van der Waals surface area contributed by atoms with Crippen LogP contribution < -0.4 is 4.74 Å². The molecule has 0 radical (unpaired) electrons. The first-order valence-electron chi connectivity index (χ1n) is 3.90. The first-order chi connectivity index (χ1) is 6.05. The summed E-state index contributed by atoms with van der Waals surface area (Å²) in [5, 5.41) is 8.65. The lowest BCUT2D eigenvalue weighted by Crippen LogP contribution is -2.25. The van der Waals surface area contributed by atoms with Crippen molar-refractivity contribution in [2.75, 3.05) is 0 Å². The molecule has 0 amide bonds. The molecule has 1 rings (SSSR count). The molecule has 13 heavy (non-hydrogen) atoms. The topological polar surface area (TPSA) is 33.0 Å².